The molecule has 2 aromatic rings. The fraction of sp³-hybridized carbons (Fsp3) is 0.550. The topological polar surface area (TPSA) is 68.0 Å². The lowest BCUT2D eigenvalue weighted by molar-refractivity contribution is -0.129. The summed E-state index contributed by atoms with van der Waals surface area (Å²) in [6, 6.07) is 0.175. The maximum atomic E-state index is 11.9. The van der Waals surface area contributed by atoms with Gasteiger partial charge in [0.25, 0.3) is 0 Å². The van der Waals surface area contributed by atoms with Crippen LogP contribution in [0.2, 0.25) is 0 Å². The van der Waals surface area contributed by atoms with Crippen LogP contribution in [0.25, 0.3) is 6.08 Å². The number of carbonyl (C=O) groups is 1. The quantitative estimate of drug-likeness (QED) is 0.898. The van der Waals surface area contributed by atoms with Gasteiger partial charge in [0.05, 0.1) is 18.3 Å². The lowest BCUT2D eigenvalue weighted by Gasteiger charge is -2.27. The third kappa shape index (κ3) is 3.15. The highest BCUT2D eigenvalue weighted by molar-refractivity contribution is 5.74. The number of rotatable bonds is 4. The first kappa shape index (κ1) is 16.6. The van der Waals surface area contributed by atoms with Gasteiger partial charge in [0.15, 0.2) is 5.82 Å². The van der Waals surface area contributed by atoms with E-state index in [1.165, 1.54) is 29.7 Å². The fourth-order valence-corrected chi connectivity index (χ4v) is 4.19. The second-order valence-corrected chi connectivity index (χ2v) is 8.11. The Balaban J connectivity index is 1.41. The lowest BCUT2D eigenvalue weighted by atomic mass is 10.0. The van der Waals surface area contributed by atoms with Crippen LogP contribution in [0.1, 0.15) is 42.3 Å². The van der Waals surface area contributed by atoms with Crippen molar-refractivity contribution >= 4 is 17.8 Å². The summed E-state index contributed by atoms with van der Waals surface area (Å²) in [4.78, 5) is 13.8. The summed E-state index contributed by atoms with van der Waals surface area (Å²) in [5.74, 6) is 1.85. The summed E-state index contributed by atoms with van der Waals surface area (Å²) in [5, 5.41) is 13.1. The van der Waals surface area contributed by atoms with Crippen LogP contribution in [-0.4, -0.2) is 43.0 Å². The van der Waals surface area contributed by atoms with Crippen molar-refractivity contribution in [2.24, 2.45) is 13.0 Å². The van der Waals surface area contributed by atoms with Crippen LogP contribution in [0.5, 0.6) is 0 Å². The molecule has 1 unspecified atom stereocenters. The van der Waals surface area contributed by atoms with E-state index in [1.807, 2.05) is 16.6 Å². The van der Waals surface area contributed by atoms with Gasteiger partial charge in [-0.1, -0.05) is 12.2 Å². The Hall–Kier alpha value is -2.57. The summed E-state index contributed by atoms with van der Waals surface area (Å²) in [6.07, 6.45) is 10.8. The van der Waals surface area contributed by atoms with Gasteiger partial charge in [-0.15, -0.1) is 0 Å². The van der Waals surface area contributed by atoms with E-state index in [4.69, 9.17) is 5.10 Å². The van der Waals surface area contributed by atoms with E-state index < -0.39 is 0 Å². The normalized spacial score (nSPS) is 21.1. The minimum absolute atomic E-state index is 0.136. The summed E-state index contributed by atoms with van der Waals surface area (Å²) >= 11 is 0. The van der Waals surface area contributed by atoms with Crippen LogP contribution in [-0.2, 0) is 37.8 Å². The van der Waals surface area contributed by atoms with Crippen molar-refractivity contribution in [2.75, 3.05) is 11.9 Å². The lowest BCUT2D eigenvalue weighted by Crippen LogP contribution is -2.35. The van der Waals surface area contributed by atoms with Crippen molar-refractivity contribution in [3.8, 4) is 0 Å². The Kier molecular flexibility index (Phi) is 3.84. The highest BCUT2D eigenvalue weighted by Gasteiger charge is 2.30. The van der Waals surface area contributed by atoms with Gasteiger partial charge in [0.1, 0.15) is 0 Å². The molecule has 2 aliphatic carbocycles. The molecule has 1 fully saturated rings. The Bertz CT molecular complexity index is 919. The summed E-state index contributed by atoms with van der Waals surface area (Å²) in [5.41, 5.74) is 4.81. The van der Waals surface area contributed by atoms with Gasteiger partial charge in [-0.25, -0.2) is 0 Å². The van der Waals surface area contributed by atoms with E-state index >= 15 is 0 Å². The number of aromatic nitrogens is 4. The van der Waals surface area contributed by atoms with Crippen molar-refractivity contribution < 1.29 is 4.79 Å². The molecule has 3 aliphatic rings. The van der Waals surface area contributed by atoms with Gasteiger partial charge in [-0.2, -0.15) is 10.2 Å². The second kappa shape index (κ2) is 6.25. The maximum Gasteiger partial charge on any atom is 0.219 e. The molecule has 7 nitrogen and oxygen atoms in total. The molecule has 1 atom stereocenters. The zero-order valence-electron chi connectivity index (χ0n) is 16.0. The fourth-order valence-electron chi connectivity index (χ4n) is 4.19. The van der Waals surface area contributed by atoms with E-state index in [0.29, 0.717) is 6.54 Å². The number of fused-ring (bicyclic) bond motifs is 2. The average Bonchev–Trinajstić information content (AvgIpc) is 3.29. The van der Waals surface area contributed by atoms with E-state index in [1.54, 1.807) is 6.92 Å². The molecule has 142 valence electrons. The van der Waals surface area contributed by atoms with E-state index in [0.717, 1.165) is 43.4 Å². The molecule has 7 heteroatoms. The molecular formula is C20H26N6O. The molecule has 3 heterocycles. The van der Waals surface area contributed by atoms with Crippen LogP contribution in [0.4, 0.5) is 5.82 Å². The van der Waals surface area contributed by atoms with Crippen LogP contribution < -0.4 is 5.32 Å². The molecule has 1 amide bonds. The zero-order valence-corrected chi connectivity index (χ0v) is 16.0. The molecule has 0 spiro atoms. The Morgan fingerprint density at radius 3 is 2.96 bits per heavy atom. The summed E-state index contributed by atoms with van der Waals surface area (Å²) in [7, 11) is 1.96. The predicted molar refractivity (Wildman–Crippen MR) is 103 cm³/mol. The molecule has 0 aromatic carbocycles. The molecule has 0 radical (unpaired) electrons. The summed E-state index contributed by atoms with van der Waals surface area (Å²) in [6.45, 7) is 4.11. The molecule has 27 heavy (non-hydrogen) atoms. The first-order chi connectivity index (χ1) is 13.1. The van der Waals surface area contributed by atoms with E-state index in [-0.39, 0.29) is 11.9 Å². The van der Waals surface area contributed by atoms with Crippen molar-refractivity contribution in [1.29, 1.82) is 0 Å². The first-order valence-corrected chi connectivity index (χ1v) is 9.88. The smallest absolute Gasteiger partial charge is 0.219 e. The number of nitrogens with one attached hydrogen (secondary N) is 1. The van der Waals surface area contributed by atoms with E-state index in [2.05, 4.69) is 33.4 Å². The van der Waals surface area contributed by atoms with Crippen molar-refractivity contribution in [3.63, 3.8) is 0 Å². The molecule has 2 aromatic heterocycles. The van der Waals surface area contributed by atoms with Crippen LogP contribution >= 0.6 is 0 Å². The highest BCUT2D eigenvalue weighted by Crippen LogP contribution is 2.34. The number of carbonyl (C=O) groups excluding carboxylic acids is 1. The predicted octanol–water partition coefficient (Wildman–Crippen LogP) is 1.98. The number of hydrogen-bond donors (Lipinski definition) is 1. The third-order valence-electron chi connectivity index (χ3n) is 5.89. The van der Waals surface area contributed by atoms with E-state index in [9.17, 15) is 4.79 Å². The Morgan fingerprint density at radius 2 is 2.19 bits per heavy atom. The largest absolute Gasteiger partial charge is 0.362 e. The molecule has 1 aliphatic heterocycles. The number of amides is 1. The number of anilines is 1. The van der Waals surface area contributed by atoms with Crippen LogP contribution in [0.3, 0.4) is 0 Å². The first-order valence-electron chi connectivity index (χ1n) is 9.88. The molecule has 1 saturated carbocycles. The third-order valence-corrected chi connectivity index (χ3v) is 5.89. The highest BCUT2D eigenvalue weighted by atomic mass is 16.2. The maximum absolute atomic E-state index is 11.9. The number of hydrogen-bond acceptors (Lipinski definition) is 4. The van der Waals surface area contributed by atoms with Gasteiger partial charge < -0.3 is 10.2 Å². The zero-order chi connectivity index (χ0) is 18.5. The standard InChI is InChI=1S/C20H26N6O/c1-13(27)25-8-7-19-17(12-25)20(23-26(19)10-14-3-4-14)21-16-6-5-15-11-24(2)22-18(15)9-16/h5-6,11,14,16H,3-4,7-10,12H2,1-2H3,(H,21,23). The average molecular weight is 366 g/mol. The van der Waals surface area contributed by atoms with Crippen LogP contribution in [0.15, 0.2) is 12.3 Å². The monoisotopic (exact) mass is 366 g/mol. The van der Waals surface area contributed by atoms with Crippen molar-refractivity contribution in [1.82, 2.24) is 24.5 Å². The molecular weight excluding hydrogens is 340 g/mol. The second-order valence-electron chi connectivity index (χ2n) is 8.11. The minimum atomic E-state index is 0.136. The number of aryl methyl sites for hydroxylation is 1. The number of nitrogens with zero attached hydrogens (tertiary/aromatic N) is 5. The minimum Gasteiger partial charge on any atom is -0.362 e. The van der Waals surface area contributed by atoms with Gasteiger partial charge in [-0.3, -0.25) is 14.2 Å². The van der Waals surface area contributed by atoms with Crippen LogP contribution in [0, 0.1) is 5.92 Å². The Labute approximate surface area is 159 Å². The Morgan fingerprint density at radius 1 is 1.33 bits per heavy atom. The van der Waals surface area contributed by atoms with Gasteiger partial charge >= 0.3 is 0 Å². The van der Waals surface area contributed by atoms with Crippen molar-refractivity contribution in [2.45, 2.75) is 51.7 Å². The molecule has 0 saturated heterocycles. The molecule has 0 bridgehead atoms. The van der Waals surface area contributed by atoms with Gasteiger partial charge in [-0.05, 0) is 18.8 Å². The summed E-state index contributed by atoms with van der Waals surface area (Å²) < 4.78 is 4.07. The SMILES string of the molecule is CC(=O)N1CCc2c(c(NC3C=Cc4cn(C)nc4C3)nn2CC2CC2)C1. The van der Waals surface area contributed by atoms with Gasteiger partial charge in [0, 0.05) is 62.9 Å². The van der Waals surface area contributed by atoms with Gasteiger partial charge in [0.2, 0.25) is 5.91 Å². The molecule has 1 N–H and O–H groups in total. The van der Waals surface area contributed by atoms with Crippen molar-refractivity contribution in [3.05, 3.63) is 34.8 Å². The molecule has 5 rings (SSSR count).